The zero-order valence-electron chi connectivity index (χ0n) is 17.7. The van der Waals surface area contributed by atoms with E-state index < -0.39 is 0 Å². The van der Waals surface area contributed by atoms with Crippen molar-refractivity contribution >= 4 is 34.2 Å². The first kappa shape index (κ1) is 20.4. The molecule has 0 saturated carbocycles. The third kappa shape index (κ3) is 4.29. The van der Waals surface area contributed by atoms with Crippen LogP contribution in [0.25, 0.3) is 11.0 Å². The molecular weight excluding hydrogens is 422 g/mol. The quantitative estimate of drug-likeness (QED) is 0.497. The van der Waals surface area contributed by atoms with Crippen molar-refractivity contribution in [2.45, 2.75) is 6.92 Å². The van der Waals surface area contributed by atoms with E-state index in [9.17, 15) is 9.59 Å². The summed E-state index contributed by atoms with van der Waals surface area (Å²) in [5, 5.41) is 5.65. The number of carbonyl (C=O) groups excluding carboxylic acids is 2. The van der Waals surface area contributed by atoms with Gasteiger partial charge in [-0.1, -0.05) is 0 Å². The number of amides is 2. The Kier molecular flexibility index (Phi) is 5.27. The number of hydrogen-bond acceptors (Lipinski definition) is 7. The molecule has 33 heavy (non-hydrogen) atoms. The highest BCUT2D eigenvalue weighted by Gasteiger charge is 2.16. The lowest BCUT2D eigenvalue weighted by molar-refractivity contribution is 0.101. The highest BCUT2D eigenvalue weighted by atomic mass is 16.6. The van der Waals surface area contributed by atoms with Crippen molar-refractivity contribution in [3.8, 4) is 11.5 Å². The molecule has 1 aliphatic rings. The zero-order chi connectivity index (χ0) is 22.8. The summed E-state index contributed by atoms with van der Waals surface area (Å²) in [5.74, 6) is 0.495. The number of hydrogen-bond donors (Lipinski definition) is 2. The molecule has 0 unspecified atom stereocenters. The van der Waals surface area contributed by atoms with Crippen LogP contribution in [0.5, 0.6) is 11.5 Å². The smallest absolute Gasteiger partial charge is 0.255 e. The second-order valence-electron chi connectivity index (χ2n) is 7.38. The van der Waals surface area contributed by atoms with Gasteiger partial charge in [-0.25, -0.2) is 0 Å². The van der Waals surface area contributed by atoms with Gasteiger partial charge in [-0.2, -0.15) is 0 Å². The lowest BCUT2D eigenvalue weighted by atomic mass is 10.1. The number of carbonyl (C=O) groups is 2. The van der Waals surface area contributed by atoms with Crippen molar-refractivity contribution in [1.29, 1.82) is 0 Å². The number of ether oxygens (including phenoxy) is 2. The van der Waals surface area contributed by atoms with E-state index in [4.69, 9.17) is 9.47 Å². The Morgan fingerprint density at radius 2 is 1.48 bits per heavy atom. The number of anilines is 2. The number of rotatable bonds is 4. The lowest BCUT2D eigenvalue weighted by Gasteiger charge is -2.18. The Morgan fingerprint density at radius 3 is 2.33 bits per heavy atom. The Labute approximate surface area is 188 Å². The van der Waals surface area contributed by atoms with Crippen LogP contribution in [0.4, 0.5) is 11.4 Å². The van der Waals surface area contributed by atoms with Gasteiger partial charge in [-0.15, -0.1) is 0 Å². The van der Waals surface area contributed by atoms with Crippen LogP contribution in [0.1, 0.15) is 26.4 Å². The van der Waals surface area contributed by atoms with Crippen LogP contribution in [0, 0.1) is 6.92 Å². The molecule has 3 heterocycles. The Hall–Kier alpha value is -4.53. The number of nitrogens with zero attached hydrogens (tertiary/aromatic N) is 3. The maximum atomic E-state index is 12.8. The van der Waals surface area contributed by atoms with E-state index in [1.54, 1.807) is 61.8 Å². The summed E-state index contributed by atoms with van der Waals surface area (Å²) in [5.41, 5.74) is 3.73. The average Bonchev–Trinajstić information content (AvgIpc) is 2.85. The highest BCUT2D eigenvalue weighted by molar-refractivity contribution is 6.07. The summed E-state index contributed by atoms with van der Waals surface area (Å²) >= 11 is 0. The summed E-state index contributed by atoms with van der Waals surface area (Å²) < 4.78 is 11.0. The third-order valence-electron chi connectivity index (χ3n) is 5.13. The van der Waals surface area contributed by atoms with Gasteiger partial charge in [0.05, 0.1) is 34.3 Å². The van der Waals surface area contributed by atoms with Gasteiger partial charge in [0.1, 0.15) is 13.2 Å². The fourth-order valence-electron chi connectivity index (χ4n) is 3.41. The second-order valence-corrected chi connectivity index (χ2v) is 7.38. The number of nitrogens with one attached hydrogen (secondary N) is 2. The van der Waals surface area contributed by atoms with Crippen molar-refractivity contribution < 1.29 is 19.1 Å². The van der Waals surface area contributed by atoms with E-state index in [1.165, 1.54) is 6.20 Å². The fraction of sp³-hybridized carbons (Fsp3) is 0.125. The van der Waals surface area contributed by atoms with E-state index in [0.29, 0.717) is 63.9 Å². The summed E-state index contributed by atoms with van der Waals surface area (Å²) in [6, 6.07) is 11.8. The molecule has 0 fully saturated rings. The highest BCUT2D eigenvalue weighted by Crippen LogP contribution is 2.31. The Morgan fingerprint density at radius 1 is 0.788 bits per heavy atom. The summed E-state index contributed by atoms with van der Waals surface area (Å²) in [7, 11) is 0. The minimum absolute atomic E-state index is 0.317. The van der Waals surface area contributed by atoms with Gasteiger partial charge < -0.3 is 20.1 Å². The topological polar surface area (TPSA) is 115 Å². The van der Waals surface area contributed by atoms with Crippen LogP contribution in [0.2, 0.25) is 0 Å². The summed E-state index contributed by atoms with van der Waals surface area (Å²) in [6.07, 6.45) is 4.71. The molecule has 164 valence electrons. The van der Waals surface area contributed by atoms with Crippen LogP contribution in [-0.4, -0.2) is 40.0 Å². The van der Waals surface area contributed by atoms with Crippen LogP contribution in [-0.2, 0) is 0 Å². The molecule has 9 nitrogen and oxygen atoms in total. The monoisotopic (exact) mass is 441 g/mol. The zero-order valence-corrected chi connectivity index (χ0v) is 17.7. The van der Waals surface area contributed by atoms with Crippen LogP contribution in [0.3, 0.4) is 0 Å². The number of pyridine rings is 1. The van der Waals surface area contributed by atoms with Crippen LogP contribution >= 0.6 is 0 Å². The van der Waals surface area contributed by atoms with Gasteiger partial charge in [0.25, 0.3) is 11.8 Å². The molecule has 5 rings (SSSR count). The molecule has 2 N–H and O–H groups in total. The van der Waals surface area contributed by atoms with Crippen molar-refractivity contribution in [3.05, 3.63) is 77.9 Å². The lowest BCUT2D eigenvalue weighted by Crippen LogP contribution is -2.17. The fourth-order valence-corrected chi connectivity index (χ4v) is 3.41. The maximum absolute atomic E-state index is 12.8. The van der Waals surface area contributed by atoms with Crippen molar-refractivity contribution in [1.82, 2.24) is 15.0 Å². The normalized spacial score (nSPS) is 12.3. The van der Waals surface area contributed by atoms with Crippen LogP contribution < -0.4 is 20.1 Å². The molecule has 9 heteroatoms. The summed E-state index contributed by atoms with van der Waals surface area (Å²) in [6.45, 7) is 2.69. The maximum Gasteiger partial charge on any atom is 0.255 e. The Bertz CT molecular complexity index is 1390. The molecule has 4 aromatic rings. The molecule has 0 radical (unpaired) electrons. The number of fused-ring (bicyclic) bond motifs is 2. The minimum atomic E-state index is -0.331. The minimum Gasteiger partial charge on any atom is -0.486 e. The van der Waals surface area contributed by atoms with Crippen molar-refractivity contribution in [2.24, 2.45) is 0 Å². The van der Waals surface area contributed by atoms with Crippen molar-refractivity contribution in [3.63, 3.8) is 0 Å². The first-order valence-electron chi connectivity index (χ1n) is 10.3. The predicted molar refractivity (Wildman–Crippen MR) is 122 cm³/mol. The Balaban J connectivity index is 1.33. The molecule has 2 amide bonds. The molecule has 2 aromatic heterocycles. The summed E-state index contributed by atoms with van der Waals surface area (Å²) in [4.78, 5) is 38.3. The standard InChI is InChI=1S/C24H19N5O4/c1-14-19(29-24(31)15-2-4-18-20(10-15)26-7-6-25-18)12-17(13-27-14)28-23(30)16-3-5-21-22(11-16)33-9-8-32-21/h2-7,10-13H,8-9H2,1H3,(H,28,30)(H,29,31). The van der Waals surface area contributed by atoms with E-state index in [0.717, 1.165) is 0 Å². The SMILES string of the molecule is Cc1ncc(NC(=O)c2ccc3c(c2)OCCO3)cc1NC(=O)c1ccc2nccnc2c1. The van der Waals surface area contributed by atoms with Gasteiger partial charge in [0.15, 0.2) is 11.5 Å². The first-order chi connectivity index (χ1) is 16.1. The molecule has 0 aliphatic carbocycles. The van der Waals surface area contributed by atoms with Crippen molar-refractivity contribution in [2.75, 3.05) is 23.8 Å². The first-order valence-corrected chi connectivity index (χ1v) is 10.3. The third-order valence-corrected chi connectivity index (χ3v) is 5.13. The largest absolute Gasteiger partial charge is 0.486 e. The van der Waals surface area contributed by atoms with Gasteiger partial charge in [0, 0.05) is 23.5 Å². The second kappa shape index (κ2) is 8.54. The van der Waals surface area contributed by atoms with Gasteiger partial charge in [0.2, 0.25) is 0 Å². The molecular formula is C24H19N5O4. The molecule has 0 spiro atoms. The van der Waals surface area contributed by atoms with E-state index >= 15 is 0 Å². The van der Waals surface area contributed by atoms with E-state index in [1.807, 2.05) is 0 Å². The average molecular weight is 441 g/mol. The molecule has 0 bridgehead atoms. The number of aryl methyl sites for hydroxylation is 1. The molecule has 1 aliphatic heterocycles. The molecule has 2 aromatic carbocycles. The van der Waals surface area contributed by atoms with E-state index in [2.05, 4.69) is 25.6 Å². The van der Waals surface area contributed by atoms with E-state index in [-0.39, 0.29) is 11.8 Å². The predicted octanol–water partition coefficient (Wildman–Crippen LogP) is 3.61. The molecule has 0 saturated heterocycles. The molecule has 0 atom stereocenters. The number of benzene rings is 2. The van der Waals surface area contributed by atoms with Crippen LogP contribution in [0.15, 0.2) is 61.1 Å². The van der Waals surface area contributed by atoms with Gasteiger partial charge >= 0.3 is 0 Å². The number of aromatic nitrogens is 3. The van der Waals surface area contributed by atoms with Gasteiger partial charge in [-0.05, 0) is 49.4 Å². The van der Waals surface area contributed by atoms with Gasteiger partial charge in [-0.3, -0.25) is 24.5 Å².